The molecular formula is C11H11F3N2O2. The van der Waals surface area contributed by atoms with Gasteiger partial charge in [0, 0.05) is 5.56 Å². The molecule has 0 spiro atoms. The molecule has 0 aromatic heterocycles. The molecule has 0 aliphatic carbocycles. The maximum absolute atomic E-state index is 11.9. The number of amides is 2. The summed E-state index contributed by atoms with van der Waals surface area (Å²) >= 11 is 0. The molecule has 1 rings (SSSR count). The van der Waals surface area contributed by atoms with Gasteiger partial charge in [-0.05, 0) is 11.6 Å². The third-order valence-corrected chi connectivity index (χ3v) is 2.12. The van der Waals surface area contributed by atoms with E-state index in [2.05, 4.69) is 0 Å². The minimum atomic E-state index is -4.46. The molecule has 2 amide bonds. The lowest BCUT2D eigenvalue weighted by atomic mass is 10.0. The normalized spacial score (nSPS) is 11.1. The molecule has 98 valence electrons. The van der Waals surface area contributed by atoms with Gasteiger partial charge in [0.1, 0.15) is 6.54 Å². The van der Waals surface area contributed by atoms with Crippen molar-refractivity contribution in [3.05, 3.63) is 35.4 Å². The molecule has 1 aromatic rings. The van der Waals surface area contributed by atoms with Gasteiger partial charge in [-0.25, -0.2) is 0 Å². The van der Waals surface area contributed by atoms with Crippen LogP contribution < -0.4 is 11.1 Å². The highest BCUT2D eigenvalue weighted by molar-refractivity contribution is 5.95. The molecule has 3 N–H and O–H groups in total. The molecule has 7 heteroatoms. The van der Waals surface area contributed by atoms with E-state index in [4.69, 9.17) is 5.73 Å². The van der Waals surface area contributed by atoms with Crippen LogP contribution in [-0.2, 0) is 11.2 Å². The second-order valence-electron chi connectivity index (χ2n) is 3.59. The van der Waals surface area contributed by atoms with E-state index in [9.17, 15) is 22.8 Å². The van der Waals surface area contributed by atoms with Gasteiger partial charge >= 0.3 is 6.18 Å². The average molecular weight is 260 g/mol. The summed E-state index contributed by atoms with van der Waals surface area (Å²) in [5.74, 6) is -1.55. The molecule has 0 aliphatic heterocycles. The van der Waals surface area contributed by atoms with Crippen LogP contribution in [-0.4, -0.2) is 24.5 Å². The van der Waals surface area contributed by atoms with Crippen LogP contribution in [0.25, 0.3) is 0 Å². The van der Waals surface area contributed by atoms with Gasteiger partial charge in [0.25, 0.3) is 0 Å². The van der Waals surface area contributed by atoms with Gasteiger partial charge in [-0.1, -0.05) is 18.2 Å². The van der Waals surface area contributed by atoms with Crippen LogP contribution in [0.4, 0.5) is 13.2 Å². The summed E-state index contributed by atoms with van der Waals surface area (Å²) in [6.07, 6.45) is -4.78. The topological polar surface area (TPSA) is 72.2 Å². The highest BCUT2D eigenvalue weighted by atomic mass is 19.4. The van der Waals surface area contributed by atoms with Gasteiger partial charge in [-0.3, -0.25) is 9.59 Å². The summed E-state index contributed by atoms with van der Waals surface area (Å²) in [5.41, 5.74) is 5.50. The zero-order valence-electron chi connectivity index (χ0n) is 9.25. The lowest BCUT2D eigenvalue weighted by Crippen LogP contribution is -2.35. The fourth-order valence-corrected chi connectivity index (χ4v) is 1.35. The Bertz CT molecular complexity index is 458. The first-order valence-electron chi connectivity index (χ1n) is 5.01. The van der Waals surface area contributed by atoms with Crippen molar-refractivity contribution in [2.24, 2.45) is 5.73 Å². The van der Waals surface area contributed by atoms with E-state index >= 15 is 0 Å². The van der Waals surface area contributed by atoms with Crippen LogP contribution in [0.2, 0.25) is 0 Å². The molecule has 0 atom stereocenters. The first-order chi connectivity index (χ1) is 8.29. The van der Waals surface area contributed by atoms with Gasteiger partial charge in [0.05, 0.1) is 6.42 Å². The van der Waals surface area contributed by atoms with Crippen LogP contribution in [0.5, 0.6) is 0 Å². The Hall–Kier alpha value is -2.05. The van der Waals surface area contributed by atoms with E-state index in [1.165, 1.54) is 12.1 Å². The number of nitrogens with two attached hydrogens (primary N) is 1. The van der Waals surface area contributed by atoms with Crippen molar-refractivity contribution in [2.75, 3.05) is 6.54 Å². The number of carbonyl (C=O) groups is 2. The Morgan fingerprint density at radius 2 is 1.83 bits per heavy atom. The fourth-order valence-electron chi connectivity index (χ4n) is 1.35. The van der Waals surface area contributed by atoms with E-state index in [1.54, 1.807) is 17.4 Å². The summed E-state index contributed by atoms with van der Waals surface area (Å²) in [6, 6.07) is 6.00. The summed E-state index contributed by atoms with van der Waals surface area (Å²) in [4.78, 5) is 22.3. The van der Waals surface area contributed by atoms with Crippen LogP contribution >= 0.6 is 0 Å². The van der Waals surface area contributed by atoms with E-state index in [0.717, 1.165) is 0 Å². The van der Waals surface area contributed by atoms with Crippen molar-refractivity contribution in [2.45, 2.75) is 12.6 Å². The largest absolute Gasteiger partial charge is 0.405 e. The van der Waals surface area contributed by atoms with E-state index in [-0.39, 0.29) is 12.0 Å². The minimum Gasteiger partial charge on any atom is -0.366 e. The minimum absolute atomic E-state index is 0.125. The van der Waals surface area contributed by atoms with Crippen LogP contribution in [0.1, 0.15) is 15.9 Å². The number of hydrogen-bond donors (Lipinski definition) is 2. The number of hydrogen-bond acceptors (Lipinski definition) is 2. The Morgan fingerprint density at radius 3 is 2.39 bits per heavy atom. The molecule has 0 aliphatic rings. The maximum atomic E-state index is 11.9. The summed E-state index contributed by atoms with van der Waals surface area (Å²) in [5, 5.41) is 1.72. The first kappa shape index (κ1) is 14.0. The van der Waals surface area contributed by atoms with Crippen molar-refractivity contribution >= 4 is 11.8 Å². The molecule has 0 unspecified atom stereocenters. The van der Waals surface area contributed by atoms with Crippen molar-refractivity contribution in [3.63, 3.8) is 0 Å². The quantitative estimate of drug-likeness (QED) is 0.847. The van der Waals surface area contributed by atoms with Gasteiger partial charge < -0.3 is 11.1 Å². The zero-order valence-corrected chi connectivity index (χ0v) is 9.25. The van der Waals surface area contributed by atoms with Gasteiger partial charge in [0.15, 0.2) is 0 Å². The Labute approximate surface area is 101 Å². The molecule has 0 radical (unpaired) electrons. The highest BCUT2D eigenvalue weighted by Gasteiger charge is 2.27. The fraction of sp³-hybridized carbons (Fsp3) is 0.273. The Morgan fingerprint density at radius 1 is 1.22 bits per heavy atom. The van der Waals surface area contributed by atoms with Crippen molar-refractivity contribution in [3.8, 4) is 0 Å². The number of alkyl halides is 3. The monoisotopic (exact) mass is 260 g/mol. The predicted molar refractivity (Wildman–Crippen MR) is 57.7 cm³/mol. The Balaban J connectivity index is 2.68. The molecule has 0 fully saturated rings. The van der Waals surface area contributed by atoms with Crippen LogP contribution in [0.15, 0.2) is 24.3 Å². The number of primary amides is 1. The lowest BCUT2D eigenvalue weighted by Gasteiger charge is -2.09. The molecule has 1 aromatic carbocycles. The molecular weight excluding hydrogens is 249 g/mol. The number of carbonyl (C=O) groups excluding carboxylic acids is 2. The van der Waals surface area contributed by atoms with E-state index in [0.29, 0.717) is 5.56 Å². The standard InChI is InChI=1S/C11H11F3N2O2/c12-11(13,14)6-16-9(17)5-7-3-1-2-4-8(7)10(15)18/h1-4H,5-6H2,(H2,15,18)(H,16,17). The third kappa shape index (κ3) is 4.44. The van der Waals surface area contributed by atoms with Crippen LogP contribution in [0.3, 0.4) is 0 Å². The number of nitrogens with one attached hydrogen (secondary N) is 1. The average Bonchev–Trinajstić information content (AvgIpc) is 2.26. The summed E-state index contributed by atoms with van der Waals surface area (Å²) in [7, 11) is 0. The molecule has 4 nitrogen and oxygen atoms in total. The van der Waals surface area contributed by atoms with E-state index < -0.39 is 24.5 Å². The smallest absolute Gasteiger partial charge is 0.366 e. The van der Waals surface area contributed by atoms with Gasteiger partial charge in [0.2, 0.25) is 11.8 Å². The molecule has 0 bridgehead atoms. The third-order valence-electron chi connectivity index (χ3n) is 2.12. The SMILES string of the molecule is NC(=O)c1ccccc1CC(=O)NCC(F)(F)F. The van der Waals surface area contributed by atoms with E-state index in [1.807, 2.05) is 0 Å². The second-order valence-corrected chi connectivity index (χ2v) is 3.59. The lowest BCUT2D eigenvalue weighted by molar-refractivity contribution is -0.138. The highest BCUT2D eigenvalue weighted by Crippen LogP contribution is 2.13. The number of benzene rings is 1. The first-order valence-corrected chi connectivity index (χ1v) is 5.01. The maximum Gasteiger partial charge on any atom is 0.405 e. The summed E-state index contributed by atoms with van der Waals surface area (Å²) < 4.78 is 35.6. The molecule has 18 heavy (non-hydrogen) atoms. The zero-order chi connectivity index (χ0) is 13.8. The van der Waals surface area contributed by atoms with Crippen molar-refractivity contribution in [1.82, 2.24) is 5.32 Å². The van der Waals surface area contributed by atoms with Crippen LogP contribution in [0, 0.1) is 0 Å². The van der Waals surface area contributed by atoms with Gasteiger partial charge in [-0.15, -0.1) is 0 Å². The van der Waals surface area contributed by atoms with Gasteiger partial charge in [-0.2, -0.15) is 13.2 Å². The Kier molecular flexibility index (Phi) is 4.30. The van der Waals surface area contributed by atoms with Crippen molar-refractivity contribution in [1.29, 1.82) is 0 Å². The molecule has 0 saturated heterocycles. The number of halogens is 3. The summed E-state index contributed by atoms with van der Waals surface area (Å²) in [6.45, 7) is -1.40. The molecule has 0 heterocycles. The molecule has 0 saturated carbocycles. The number of rotatable bonds is 4. The predicted octanol–water partition coefficient (Wildman–Crippen LogP) is 1.01. The van der Waals surface area contributed by atoms with Crippen molar-refractivity contribution < 1.29 is 22.8 Å². The second kappa shape index (κ2) is 5.52.